The van der Waals surface area contributed by atoms with Crippen LogP contribution in [0.4, 0.5) is 5.13 Å². The predicted molar refractivity (Wildman–Crippen MR) is 102 cm³/mol. The Balaban J connectivity index is 1.43. The van der Waals surface area contributed by atoms with Crippen LogP contribution in [0.25, 0.3) is 0 Å². The Morgan fingerprint density at radius 1 is 1.28 bits per heavy atom. The van der Waals surface area contributed by atoms with Crippen LogP contribution in [0, 0.1) is 5.92 Å². The maximum absolute atomic E-state index is 12.0. The maximum Gasteiger partial charge on any atom is 0.226 e. The molecular weight excluding hydrogens is 354 g/mol. The monoisotopic (exact) mass is 377 g/mol. The molecule has 1 fully saturated rings. The third-order valence-electron chi connectivity index (χ3n) is 4.44. The zero-order valence-electron chi connectivity index (χ0n) is 14.4. The summed E-state index contributed by atoms with van der Waals surface area (Å²) in [6, 6.07) is 3.64. The van der Waals surface area contributed by atoms with Gasteiger partial charge >= 0.3 is 0 Å². The van der Waals surface area contributed by atoms with Crippen LogP contribution in [0.2, 0.25) is 0 Å². The molecule has 7 heteroatoms. The number of hydrogen-bond donors (Lipinski definition) is 1. The van der Waals surface area contributed by atoms with Gasteiger partial charge < -0.3 is 5.32 Å². The minimum Gasteiger partial charge on any atom is -0.302 e. The predicted octanol–water partition coefficient (Wildman–Crippen LogP) is 4.04. The molecule has 0 saturated carbocycles. The molecule has 25 heavy (non-hydrogen) atoms. The van der Waals surface area contributed by atoms with Crippen molar-refractivity contribution >= 4 is 39.5 Å². The first kappa shape index (κ1) is 18.2. The number of thiazole rings is 1. The fourth-order valence-electron chi connectivity index (χ4n) is 2.86. The Morgan fingerprint density at radius 2 is 2.08 bits per heavy atom. The molecule has 1 saturated heterocycles. The number of piperidine rings is 1. The summed E-state index contributed by atoms with van der Waals surface area (Å²) in [5.41, 5.74) is 1.00. The highest BCUT2D eigenvalue weighted by molar-refractivity contribution is 7.14. The van der Waals surface area contributed by atoms with Gasteiger partial charge in [-0.25, -0.2) is 4.98 Å². The van der Waals surface area contributed by atoms with E-state index in [1.54, 1.807) is 6.07 Å². The van der Waals surface area contributed by atoms with Gasteiger partial charge in [-0.15, -0.1) is 22.7 Å². The number of anilines is 1. The number of likely N-dealkylation sites (tertiary alicyclic amines) is 1. The number of carbonyl (C=O) groups excluding carboxylic acids is 2. The summed E-state index contributed by atoms with van der Waals surface area (Å²) >= 11 is 2.86. The highest BCUT2D eigenvalue weighted by Gasteiger charge is 2.17. The van der Waals surface area contributed by atoms with E-state index < -0.39 is 0 Å². The molecule has 0 aromatic carbocycles. The average Bonchev–Trinajstić information content (AvgIpc) is 3.27. The second kappa shape index (κ2) is 8.69. The van der Waals surface area contributed by atoms with Crippen LogP contribution in [-0.2, 0) is 11.3 Å². The number of amides is 1. The van der Waals surface area contributed by atoms with Crippen molar-refractivity contribution in [2.75, 3.05) is 18.4 Å². The van der Waals surface area contributed by atoms with Crippen LogP contribution in [0.3, 0.4) is 0 Å². The molecule has 2 aromatic heterocycles. The van der Waals surface area contributed by atoms with Gasteiger partial charge in [0.05, 0.1) is 10.6 Å². The molecule has 1 amide bonds. The molecule has 0 spiro atoms. The summed E-state index contributed by atoms with van der Waals surface area (Å²) < 4.78 is 0. The number of Topliss-reactive ketones (excluding diaryl/α,β-unsaturated/α-hetero) is 1. The van der Waals surface area contributed by atoms with Gasteiger partial charge in [-0.05, 0) is 43.3 Å². The molecule has 0 atom stereocenters. The quantitative estimate of drug-likeness (QED) is 0.740. The van der Waals surface area contributed by atoms with Crippen LogP contribution in [0.1, 0.15) is 48.0 Å². The number of carbonyl (C=O) groups is 2. The number of aromatic nitrogens is 1. The van der Waals surface area contributed by atoms with Crippen molar-refractivity contribution in [3.05, 3.63) is 33.5 Å². The van der Waals surface area contributed by atoms with Gasteiger partial charge in [0.2, 0.25) is 5.91 Å². The molecule has 1 N–H and O–H groups in total. The lowest BCUT2D eigenvalue weighted by Gasteiger charge is -2.29. The zero-order chi connectivity index (χ0) is 17.6. The first-order valence-electron chi connectivity index (χ1n) is 8.63. The highest BCUT2D eigenvalue weighted by Crippen LogP contribution is 2.21. The molecule has 0 unspecified atom stereocenters. The van der Waals surface area contributed by atoms with Crippen molar-refractivity contribution < 1.29 is 9.59 Å². The van der Waals surface area contributed by atoms with E-state index in [-0.39, 0.29) is 24.5 Å². The van der Waals surface area contributed by atoms with E-state index in [0.29, 0.717) is 10.0 Å². The van der Waals surface area contributed by atoms with Gasteiger partial charge in [-0.1, -0.05) is 13.0 Å². The molecular formula is C18H23N3O2S2. The summed E-state index contributed by atoms with van der Waals surface area (Å²) in [7, 11) is 0. The van der Waals surface area contributed by atoms with Gasteiger partial charge in [-0.2, -0.15) is 0 Å². The fraction of sp³-hybridized carbons (Fsp3) is 0.500. The van der Waals surface area contributed by atoms with Crippen LogP contribution in [0.15, 0.2) is 22.9 Å². The number of rotatable bonds is 7. The summed E-state index contributed by atoms with van der Waals surface area (Å²) in [5.74, 6) is 0.681. The fourth-order valence-corrected chi connectivity index (χ4v) is 4.27. The molecule has 3 rings (SSSR count). The first-order valence-corrected chi connectivity index (χ1v) is 10.4. The minimum absolute atomic E-state index is 0.0179. The molecule has 2 aromatic rings. The van der Waals surface area contributed by atoms with E-state index in [0.717, 1.165) is 31.2 Å². The lowest BCUT2D eigenvalue weighted by Crippen LogP contribution is -2.32. The molecule has 3 heterocycles. The third kappa shape index (κ3) is 5.45. The van der Waals surface area contributed by atoms with E-state index in [4.69, 9.17) is 0 Å². The highest BCUT2D eigenvalue weighted by atomic mass is 32.1. The van der Waals surface area contributed by atoms with E-state index in [2.05, 4.69) is 22.1 Å². The SMILES string of the molecule is CC1CCN(Cc2csc(NC(=O)CCC(=O)c3cccs3)n2)CC1. The lowest BCUT2D eigenvalue weighted by atomic mass is 9.99. The van der Waals surface area contributed by atoms with Crippen molar-refractivity contribution in [3.8, 4) is 0 Å². The van der Waals surface area contributed by atoms with Crippen molar-refractivity contribution in [2.45, 2.75) is 39.2 Å². The summed E-state index contributed by atoms with van der Waals surface area (Å²) in [4.78, 5) is 31.6. The average molecular weight is 378 g/mol. The third-order valence-corrected chi connectivity index (χ3v) is 6.15. The molecule has 5 nitrogen and oxygen atoms in total. The molecule has 134 valence electrons. The van der Waals surface area contributed by atoms with E-state index in [1.165, 1.54) is 35.5 Å². The first-order chi connectivity index (χ1) is 12.1. The van der Waals surface area contributed by atoms with Crippen LogP contribution in [0.5, 0.6) is 0 Å². The topological polar surface area (TPSA) is 62.3 Å². The Kier molecular flexibility index (Phi) is 6.34. The summed E-state index contributed by atoms with van der Waals surface area (Å²) in [6.07, 6.45) is 2.91. The van der Waals surface area contributed by atoms with Gasteiger partial charge in [-0.3, -0.25) is 14.5 Å². The molecule has 0 bridgehead atoms. The molecule has 0 aliphatic carbocycles. The van der Waals surface area contributed by atoms with Crippen molar-refractivity contribution in [2.24, 2.45) is 5.92 Å². The smallest absolute Gasteiger partial charge is 0.226 e. The second-order valence-corrected chi connectivity index (χ2v) is 8.36. The Labute approximate surface area is 156 Å². The Bertz CT molecular complexity index is 704. The van der Waals surface area contributed by atoms with Gasteiger partial charge in [0.25, 0.3) is 0 Å². The Morgan fingerprint density at radius 3 is 2.80 bits per heavy atom. The summed E-state index contributed by atoms with van der Waals surface area (Å²) in [5, 5.41) is 7.30. The van der Waals surface area contributed by atoms with Crippen molar-refractivity contribution in [1.82, 2.24) is 9.88 Å². The summed E-state index contributed by atoms with van der Waals surface area (Å²) in [6.45, 7) is 5.38. The molecule has 1 aliphatic heterocycles. The number of nitrogens with one attached hydrogen (secondary N) is 1. The zero-order valence-corrected chi connectivity index (χ0v) is 16.0. The van der Waals surface area contributed by atoms with Crippen LogP contribution in [-0.4, -0.2) is 34.7 Å². The van der Waals surface area contributed by atoms with Crippen molar-refractivity contribution in [3.63, 3.8) is 0 Å². The van der Waals surface area contributed by atoms with E-state index >= 15 is 0 Å². The minimum atomic E-state index is -0.155. The maximum atomic E-state index is 12.0. The lowest BCUT2D eigenvalue weighted by molar-refractivity contribution is -0.116. The van der Waals surface area contributed by atoms with Crippen LogP contribution < -0.4 is 5.32 Å². The van der Waals surface area contributed by atoms with Gasteiger partial charge in [0.15, 0.2) is 10.9 Å². The standard InChI is InChI=1S/C18H23N3O2S2/c1-13-6-8-21(9-7-13)11-14-12-25-18(19-14)20-17(23)5-4-15(22)16-3-2-10-24-16/h2-3,10,12-13H,4-9,11H2,1H3,(H,19,20,23). The Hall–Kier alpha value is -1.57. The normalized spacial score (nSPS) is 16.0. The number of nitrogens with zero attached hydrogens (tertiary/aromatic N) is 2. The molecule has 1 aliphatic rings. The van der Waals surface area contributed by atoms with Crippen molar-refractivity contribution in [1.29, 1.82) is 0 Å². The van der Waals surface area contributed by atoms with E-state index in [9.17, 15) is 9.59 Å². The number of hydrogen-bond acceptors (Lipinski definition) is 6. The van der Waals surface area contributed by atoms with E-state index in [1.807, 2.05) is 16.8 Å². The largest absolute Gasteiger partial charge is 0.302 e. The number of ketones is 1. The van der Waals surface area contributed by atoms with Crippen LogP contribution >= 0.6 is 22.7 Å². The van der Waals surface area contributed by atoms with Gasteiger partial charge in [0.1, 0.15) is 0 Å². The van der Waals surface area contributed by atoms with Gasteiger partial charge in [0, 0.05) is 24.8 Å². The molecule has 0 radical (unpaired) electrons. The second-order valence-electron chi connectivity index (χ2n) is 6.55. The number of thiophene rings is 1.